The first-order chi connectivity index (χ1) is 11.5. The zero-order valence-electron chi connectivity index (χ0n) is 14.0. The second kappa shape index (κ2) is 7.25. The van der Waals surface area contributed by atoms with E-state index in [1.807, 2.05) is 13.8 Å². The van der Waals surface area contributed by atoms with Gasteiger partial charge in [0, 0.05) is 25.1 Å². The number of fused-ring (bicyclic) bond motifs is 1. The molecule has 2 aromatic rings. The maximum atomic E-state index is 12.5. The molecule has 1 atom stereocenters. The van der Waals surface area contributed by atoms with Gasteiger partial charge >= 0.3 is 0 Å². The fraction of sp³-hybridized carbons (Fsp3) is 0.562. The maximum absolute atomic E-state index is 12.5. The summed E-state index contributed by atoms with van der Waals surface area (Å²) in [5, 5.41) is 4.14. The third-order valence-electron chi connectivity index (χ3n) is 4.25. The van der Waals surface area contributed by atoms with Crippen molar-refractivity contribution in [2.24, 2.45) is 7.05 Å². The zero-order chi connectivity index (χ0) is 17.3. The van der Waals surface area contributed by atoms with Gasteiger partial charge in [-0.2, -0.15) is 0 Å². The van der Waals surface area contributed by atoms with E-state index in [2.05, 4.69) is 10.3 Å². The second-order valence-corrected chi connectivity index (χ2v) is 8.10. The third-order valence-corrected chi connectivity index (χ3v) is 6.38. The molecule has 0 aliphatic carbocycles. The van der Waals surface area contributed by atoms with Gasteiger partial charge in [-0.15, -0.1) is 11.3 Å². The monoisotopic (exact) mass is 367 g/mol. The number of carbonyl (C=O) groups is 1. The van der Waals surface area contributed by atoms with Gasteiger partial charge in [-0.3, -0.25) is 14.2 Å². The normalized spacial score (nSPS) is 17.5. The van der Waals surface area contributed by atoms with Gasteiger partial charge in [0.2, 0.25) is 5.91 Å². The molecule has 1 N–H and O–H groups in total. The van der Waals surface area contributed by atoms with Crippen LogP contribution < -0.4 is 10.9 Å². The average Bonchev–Trinajstić information content (AvgIpc) is 3.16. The maximum Gasteiger partial charge on any atom is 0.262 e. The van der Waals surface area contributed by atoms with Gasteiger partial charge in [0.05, 0.1) is 17.2 Å². The van der Waals surface area contributed by atoms with Crippen LogP contribution in [0, 0.1) is 13.8 Å². The Hall–Kier alpha value is -1.38. The summed E-state index contributed by atoms with van der Waals surface area (Å²) in [6.45, 7) is 5.27. The lowest BCUT2D eigenvalue weighted by Crippen LogP contribution is -2.33. The van der Waals surface area contributed by atoms with Crippen molar-refractivity contribution in [3.63, 3.8) is 0 Å². The minimum atomic E-state index is -0.0663. The molecule has 6 nitrogen and oxygen atoms in total. The quantitative estimate of drug-likeness (QED) is 0.646. The molecule has 0 bridgehead atoms. The summed E-state index contributed by atoms with van der Waals surface area (Å²) in [4.78, 5) is 30.9. The lowest BCUT2D eigenvalue weighted by Gasteiger charge is -2.11. The van der Waals surface area contributed by atoms with Crippen LogP contribution in [-0.4, -0.2) is 40.5 Å². The Kier molecular flexibility index (Phi) is 5.27. The number of nitrogens with one attached hydrogen (secondary N) is 1. The van der Waals surface area contributed by atoms with Crippen molar-refractivity contribution in [3.05, 3.63) is 20.8 Å². The van der Waals surface area contributed by atoms with Gasteiger partial charge in [-0.25, -0.2) is 4.98 Å². The summed E-state index contributed by atoms with van der Waals surface area (Å²) in [5.74, 6) is 0.172. The van der Waals surface area contributed by atoms with E-state index in [1.165, 1.54) is 27.7 Å². The minimum Gasteiger partial charge on any atom is -0.376 e. The van der Waals surface area contributed by atoms with Crippen LogP contribution in [0.3, 0.4) is 0 Å². The van der Waals surface area contributed by atoms with E-state index in [4.69, 9.17) is 4.74 Å². The predicted molar refractivity (Wildman–Crippen MR) is 97.0 cm³/mol. The Morgan fingerprint density at radius 2 is 2.29 bits per heavy atom. The number of carbonyl (C=O) groups excluding carboxylic acids is 1. The molecule has 0 radical (unpaired) electrons. The largest absolute Gasteiger partial charge is 0.376 e. The highest BCUT2D eigenvalue weighted by atomic mass is 32.2. The molecule has 3 rings (SSSR count). The number of amides is 1. The van der Waals surface area contributed by atoms with Crippen LogP contribution >= 0.6 is 23.1 Å². The molecular formula is C16H21N3O3S2. The fourth-order valence-corrected chi connectivity index (χ4v) is 4.57. The van der Waals surface area contributed by atoms with E-state index in [0.717, 1.165) is 34.7 Å². The van der Waals surface area contributed by atoms with E-state index in [-0.39, 0.29) is 23.3 Å². The van der Waals surface area contributed by atoms with E-state index < -0.39 is 0 Å². The number of aryl methyl sites for hydroxylation is 2. The number of hydrogen-bond donors (Lipinski definition) is 1. The van der Waals surface area contributed by atoms with Crippen molar-refractivity contribution >= 4 is 39.2 Å². The van der Waals surface area contributed by atoms with E-state index in [1.54, 1.807) is 7.05 Å². The first-order valence-electron chi connectivity index (χ1n) is 7.95. The summed E-state index contributed by atoms with van der Waals surface area (Å²) in [7, 11) is 1.70. The molecule has 1 fully saturated rings. The molecule has 0 spiro atoms. The van der Waals surface area contributed by atoms with Gasteiger partial charge in [0.15, 0.2) is 5.16 Å². The topological polar surface area (TPSA) is 73.2 Å². The number of thiophene rings is 1. The molecule has 1 aliphatic rings. The first kappa shape index (κ1) is 17.4. The molecule has 0 aromatic carbocycles. The average molecular weight is 367 g/mol. The van der Waals surface area contributed by atoms with Crippen molar-refractivity contribution in [3.8, 4) is 0 Å². The first-order valence-corrected chi connectivity index (χ1v) is 9.75. The van der Waals surface area contributed by atoms with Crippen LogP contribution in [-0.2, 0) is 16.6 Å². The van der Waals surface area contributed by atoms with Crippen molar-refractivity contribution < 1.29 is 9.53 Å². The van der Waals surface area contributed by atoms with Crippen molar-refractivity contribution in [2.75, 3.05) is 18.9 Å². The van der Waals surface area contributed by atoms with Crippen molar-refractivity contribution in [2.45, 2.75) is 37.9 Å². The number of nitrogens with zero attached hydrogens (tertiary/aromatic N) is 2. The molecule has 2 aromatic heterocycles. The molecule has 1 amide bonds. The molecule has 1 saturated heterocycles. The van der Waals surface area contributed by atoms with Crippen molar-refractivity contribution in [1.82, 2.24) is 14.9 Å². The SMILES string of the molecule is Cc1sc2nc(SCC(=O)NC[C@H]3CCCO3)n(C)c(=O)c2c1C. The van der Waals surface area contributed by atoms with Crippen molar-refractivity contribution in [1.29, 1.82) is 0 Å². The molecule has 24 heavy (non-hydrogen) atoms. The van der Waals surface area contributed by atoms with Crippen LogP contribution in [0.15, 0.2) is 9.95 Å². The van der Waals surface area contributed by atoms with E-state index in [9.17, 15) is 9.59 Å². The van der Waals surface area contributed by atoms with Crippen LogP contribution in [0.25, 0.3) is 10.2 Å². The molecular weight excluding hydrogens is 346 g/mol. The summed E-state index contributed by atoms with van der Waals surface area (Å²) in [5.41, 5.74) is 0.943. The molecule has 3 heterocycles. The predicted octanol–water partition coefficient (Wildman–Crippen LogP) is 2.00. The van der Waals surface area contributed by atoms with Crippen LogP contribution in [0.5, 0.6) is 0 Å². The van der Waals surface area contributed by atoms with Crippen LogP contribution in [0.2, 0.25) is 0 Å². The number of rotatable bonds is 5. The molecule has 130 valence electrons. The Labute approximate surface area is 148 Å². The highest BCUT2D eigenvalue weighted by Gasteiger charge is 2.18. The highest BCUT2D eigenvalue weighted by molar-refractivity contribution is 7.99. The van der Waals surface area contributed by atoms with Crippen LogP contribution in [0.4, 0.5) is 0 Å². The lowest BCUT2D eigenvalue weighted by atomic mass is 10.2. The van der Waals surface area contributed by atoms with Crippen LogP contribution in [0.1, 0.15) is 23.3 Å². The molecule has 0 unspecified atom stereocenters. The molecule has 8 heteroatoms. The van der Waals surface area contributed by atoms with E-state index >= 15 is 0 Å². The smallest absolute Gasteiger partial charge is 0.262 e. The zero-order valence-corrected chi connectivity index (χ0v) is 15.7. The van der Waals surface area contributed by atoms with Gasteiger partial charge in [-0.1, -0.05) is 11.8 Å². The van der Waals surface area contributed by atoms with Gasteiger partial charge in [0.1, 0.15) is 4.83 Å². The fourth-order valence-electron chi connectivity index (χ4n) is 2.70. The highest BCUT2D eigenvalue weighted by Crippen LogP contribution is 2.27. The third kappa shape index (κ3) is 3.50. The summed E-state index contributed by atoms with van der Waals surface area (Å²) in [6.07, 6.45) is 2.19. The van der Waals surface area contributed by atoms with Gasteiger partial charge in [0.25, 0.3) is 5.56 Å². The number of ether oxygens (including phenoxy) is 1. The van der Waals surface area contributed by atoms with E-state index in [0.29, 0.717) is 17.1 Å². The Balaban J connectivity index is 1.67. The summed E-state index contributed by atoms with van der Waals surface area (Å²) in [6, 6.07) is 0. The second-order valence-electron chi connectivity index (χ2n) is 5.95. The number of thioether (sulfide) groups is 1. The Bertz CT molecular complexity index is 822. The van der Waals surface area contributed by atoms with Gasteiger partial charge in [-0.05, 0) is 32.3 Å². The summed E-state index contributed by atoms with van der Waals surface area (Å²) < 4.78 is 7.01. The molecule has 0 saturated carbocycles. The Morgan fingerprint density at radius 1 is 1.50 bits per heavy atom. The van der Waals surface area contributed by atoms with Gasteiger partial charge < -0.3 is 10.1 Å². The Morgan fingerprint density at radius 3 is 3.00 bits per heavy atom. The minimum absolute atomic E-state index is 0.0517. The number of hydrogen-bond acceptors (Lipinski definition) is 6. The standard InChI is InChI=1S/C16H21N3O3S2/c1-9-10(2)24-14-13(9)15(21)19(3)16(18-14)23-8-12(20)17-7-11-5-4-6-22-11/h11H,4-8H2,1-3H3,(H,17,20)/t11-/m1/s1. The lowest BCUT2D eigenvalue weighted by molar-refractivity contribution is -0.119. The molecule has 1 aliphatic heterocycles. The number of aromatic nitrogens is 2. The summed E-state index contributed by atoms with van der Waals surface area (Å²) >= 11 is 2.81.